The molecule has 0 saturated heterocycles. The molecule has 0 aliphatic heterocycles. The molecule has 3 nitrogen and oxygen atoms in total. The molecule has 0 aliphatic rings. The lowest BCUT2D eigenvalue weighted by Crippen LogP contribution is -2.28. The maximum Gasteiger partial charge on any atom is 0.224 e. The van der Waals surface area contributed by atoms with Gasteiger partial charge in [0.25, 0.3) is 0 Å². The number of benzene rings is 2. The van der Waals surface area contributed by atoms with Gasteiger partial charge in [0.05, 0.1) is 12.5 Å². The van der Waals surface area contributed by atoms with E-state index in [2.05, 4.69) is 0 Å². The third-order valence-corrected chi connectivity index (χ3v) is 3.15. The first-order chi connectivity index (χ1) is 9.28. The Morgan fingerprint density at radius 2 is 1.74 bits per heavy atom. The molecule has 0 atom stereocenters. The van der Waals surface area contributed by atoms with Crippen molar-refractivity contribution in [3.05, 3.63) is 66.0 Å². The van der Waals surface area contributed by atoms with E-state index in [1.54, 1.807) is 13.3 Å². The molecule has 2 aromatic carbocycles. The van der Waals surface area contributed by atoms with Crippen LogP contribution < -0.4 is 9.47 Å². The first-order valence-electron chi connectivity index (χ1n) is 6.04. The Kier molecular flexibility index (Phi) is 2.80. The summed E-state index contributed by atoms with van der Waals surface area (Å²) >= 11 is 0. The van der Waals surface area contributed by atoms with Crippen LogP contribution >= 0.6 is 0 Å². The summed E-state index contributed by atoms with van der Waals surface area (Å²) in [7, 11) is 1.62. The number of rotatable bonds is 2. The van der Waals surface area contributed by atoms with Crippen molar-refractivity contribution in [1.29, 1.82) is 0 Å². The van der Waals surface area contributed by atoms with Crippen LogP contribution in [0.15, 0.2) is 60.8 Å². The second-order valence-electron chi connectivity index (χ2n) is 4.35. The number of hydrogen-bond donors (Lipinski definition) is 0. The van der Waals surface area contributed by atoms with Gasteiger partial charge in [0.15, 0.2) is 6.20 Å². The molecule has 0 fully saturated rings. The molecule has 94 valence electrons. The zero-order valence-electron chi connectivity index (χ0n) is 10.5. The normalized spacial score (nSPS) is 10.6. The van der Waals surface area contributed by atoms with Gasteiger partial charge < -0.3 is 9.94 Å². The van der Waals surface area contributed by atoms with E-state index in [4.69, 9.17) is 4.74 Å². The highest BCUT2D eigenvalue weighted by Gasteiger charge is 2.10. The van der Waals surface area contributed by atoms with E-state index in [-0.39, 0.29) is 0 Å². The minimum Gasteiger partial charge on any atom is -0.618 e. The first kappa shape index (κ1) is 11.5. The summed E-state index contributed by atoms with van der Waals surface area (Å²) in [6.07, 6.45) is 1.58. The predicted octanol–water partition coefficient (Wildman–Crippen LogP) is 3.15. The monoisotopic (exact) mass is 251 g/mol. The van der Waals surface area contributed by atoms with Crippen molar-refractivity contribution < 1.29 is 9.47 Å². The molecule has 0 N–H and O–H groups in total. The van der Waals surface area contributed by atoms with E-state index in [0.29, 0.717) is 5.69 Å². The molecule has 0 spiro atoms. The molecule has 0 unspecified atom stereocenters. The Hall–Kier alpha value is -2.55. The van der Waals surface area contributed by atoms with Gasteiger partial charge in [-0.05, 0) is 29.7 Å². The maximum atomic E-state index is 12.1. The lowest BCUT2D eigenvalue weighted by Gasteiger charge is -2.07. The zero-order chi connectivity index (χ0) is 13.2. The highest BCUT2D eigenvalue weighted by Crippen LogP contribution is 2.23. The molecular formula is C16H13NO2. The smallest absolute Gasteiger partial charge is 0.224 e. The minimum atomic E-state index is 0.651. The number of pyridine rings is 1. The molecule has 0 radical (unpaired) electrons. The third kappa shape index (κ3) is 2.10. The van der Waals surface area contributed by atoms with Gasteiger partial charge in [-0.15, -0.1) is 0 Å². The maximum absolute atomic E-state index is 12.1. The highest BCUT2D eigenvalue weighted by molar-refractivity contribution is 5.85. The van der Waals surface area contributed by atoms with Crippen LogP contribution in [-0.2, 0) is 0 Å². The Morgan fingerprint density at radius 1 is 0.947 bits per heavy atom. The Bertz CT molecular complexity index is 723. The number of hydrogen-bond acceptors (Lipinski definition) is 2. The summed E-state index contributed by atoms with van der Waals surface area (Å²) in [5.74, 6) is 0.750. The molecular weight excluding hydrogens is 238 g/mol. The van der Waals surface area contributed by atoms with Crippen LogP contribution in [0.5, 0.6) is 5.75 Å². The first-order valence-corrected chi connectivity index (χ1v) is 6.04. The van der Waals surface area contributed by atoms with Crippen molar-refractivity contribution in [3.8, 4) is 17.0 Å². The van der Waals surface area contributed by atoms with Crippen LogP contribution in [0.25, 0.3) is 22.0 Å². The second kappa shape index (κ2) is 4.61. The van der Waals surface area contributed by atoms with E-state index in [1.807, 2.05) is 54.6 Å². The number of nitrogens with zero attached hydrogens (tertiary/aromatic N) is 1. The van der Waals surface area contributed by atoms with Crippen LogP contribution in [0.4, 0.5) is 0 Å². The molecule has 0 saturated carbocycles. The van der Waals surface area contributed by atoms with Crippen LogP contribution in [0, 0.1) is 5.21 Å². The quantitative estimate of drug-likeness (QED) is 0.518. The van der Waals surface area contributed by atoms with E-state index in [9.17, 15) is 5.21 Å². The molecule has 3 heteroatoms. The summed E-state index contributed by atoms with van der Waals surface area (Å²) in [4.78, 5) is 0. The van der Waals surface area contributed by atoms with Crippen LogP contribution in [0.2, 0.25) is 0 Å². The van der Waals surface area contributed by atoms with Gasteiger partial charge in [0.1, 0.15) is 5.75 Å². The Balaban J connectivity index is 2.20. The standard InChI is InChI=1S/C16H13NO2/c1-19-15-8-7-13-10-16(12-5-3-2-4-6-12)17(18)11-14(13)9-15/h2-11H,1H3. The summed E-state index contributed by atoms with van der Waals surface area (Å²) in [5, 5.41) is 14.0. The van der Waals surface area contributed by atoms with Crippen molar-refractivity contribution >= 4 is 10.8 Å². The molecule has 0 bridgehead atoms. The largest absolute Gasteiger partial charge is 0.618 e. The molecule has 3 aromatic rings. The van der Waals surface area contributed by atoms with Gasteiger partial charge in [0.2, 0.25) is 5.69 Å². The lowest BCUT2D eigenvalue weighted by atomic mass is 10.1. The summed E-state index contributed by atoms with van der Waals surface area (Å²) in [6, 6.07) is 17.3. The summed E-state index contributed by atoms with van der Waals surface area (Å²) in [5.41, 5.74) is 1.56. The van der Waals surface area contributed by atoms with Gasteiger partial charge in [-0.25, -0.2) is 0 Å². The second-order valence-corrected chi connectivity index (χ2v) is 4.35. The number of fused-ring (bicyclic) bond motifs is 1. The molecule has 3 rings (SSSR count). The average molecular weight is 251 g/mol. The van der Waals surface area contributed by atoms with Crippen molar-refractivity contribution in [1.82, 2.24) is 0 Å². The van der Waals surface area contributed by atoms with Crippen molar-refractivity contribution in [2.75, 3.05) is 7.11 Å². The van der Waals surface area contributed by atoms with E-state index >= 15 is 0 Å². The van der Waals surface area contributed by atoms with Gasteiger partial charge in [-0.2, -0.15) is 4.73 Å². The Labute approximate surface area is 111 Å². The van der Waals surface area contributed by atoms with Crippen molar-refractivity contribution in [2.24, 2.45) is 0 Å². The predicted molar refractivity (Wildman–Crippen MR) is 74.9 cm³/mol. The molecule has 19 heavy (non-hydrogen) atoms. The topological polar surface area (TPSA) is 36.2 Å². The van der Waals surface area contributed by atoms with Gasteiger partial charge >= 0.3 is 0 Å². The third-order valence-electron chi connectivity index (χ3n) is 3.15. The molecule has 1 aromatic heterocycles. The van der Waals surface area contributed by atoms with Gasteiger partial charge in [-0.3, -0.25) is 0 Å². The molecule has 0 amide bonds. The van der Waals surface area contributed by atoms with Crippen molar-refractivity contribution in [3.63, 3.8) is 0 Å². The van der Waals surface area contributed by atoms with E-state index in [0.717, 1.165) is 26.8 Å². The number of methoxy groups -OCH3 is 1. The Morgan fingerprint density at radius 3 is 2.47 bits per heavy atom. The van der Waals surface area contributed by atoms with E-state index in [1.165, 1.54) is 0 Å². The fourth-order valence-electron chi connectivity index (χ4n) is 2.15. The zero-order valence-corrected chi connectivity index (χ0v) is 10.5. The fourth-order valence-corrected chi connectivity index (χ4v) is 2.15. The van der Waals surface area contributed by atoms with Crippen LogP contribution in [0.1, 0.15) is 0 Å². The highest BCUT2D eigenvalue weighted by atomic mass is 16.5. The average Bonchev–Trinajstić information content (AvgIpc) is 2.47. The van der Waals surface area contributed by atoms with Crippen molar-refractivity contribution in [2.45, 2.75) is 0 Å². The number of ether oxygens (including phenoxy) is 1. The molecule has 1 heterocycles. The lowest BCUT2D eigenvalue weighted by molar-refractivity contribution is -0.592. The van der Waals surface area contributed by atoms with Crippen LogP contribution in [-0.4, -0.2) is 7.11 Å². The molecule has 0 aliphatic carbocycles. The number of aromatic nitrogens is 1. The van der Waals surface area contributed by atoms with Gasteiger partial charge in [0, 0.05) is 11.6 Å². The summed E-state index contributed by atoms with van der Waals surface area (Å²) < 4.78 is 6.07. The SMILES string of the molecule is COc1ccc2cc(-c3ccccc3)[n+]([O-])cc2c1. The fraction of sp³-hybridized carbons (Fsp3) is 0.0625. The summed E-state index contributed by atoms with van der Waals surface area (Å²) in [6.45, 7) is 0. The van der Waals surface area contributed by atoms with Gasteiger partial charge in [-0.1, -0.05) is 24.3 Å². The van der Waals surface area contributed by atoms with E-state index < -0.39 is 0 Å². The minimum absolute atomic E-state index is 0.651. The van der Waals surface area contributed by atoms with Crippen LogP contribution in [0.3, 0.4) is 0 Å².